The van der Waals surface area contributed by atoms with Crippen molar-refractivity contribution >= 4 is 27.7 Å². The van der Waals surface area contributed by atoms with Crippen LogP contribution < -0.4 is 4.74 Å². The fourth-order valence-electron chi connectivity index (χ4n) is 3.68. The highest BCUT2D eigenvalue weighted by atomic mass is 79.9. The molecular formula is C26H25BrN4O3S. The summed E-state index contributed by atoms with van der Waals surface area (Å²) in [7, 11) is 0. The molecule has 0 unspecified atom stereocenters. The Balaban J connectivity index is 1.69. The van der Waals surface area contributed by atoms with Crippen molar-refractivity contribution in [2.75, 3.05) is 6.54 Å². The van der Waals surface area contributed by atoms with Crippen molar-refractivity contribution in [3.63, 3.8) is 0 Å². The number of rotatable bonds is 9. The van der Waals surface area contributed by atoms with Crippen molar-refractivity contribution in [1.29, 1.82) is 0 Å². The Morgan fingerprint density at radius 1 is 1.03 bits per heavy atom. The van der Waals surface area contributed by atoms with E-state index in [1.54, 1.807) is 0 Å². The van der Waals surface area contributed by atoms with Crippen LogP contribution in [0, 0.1) is 30.9 Å². The molecule has 1 heterocycles. The average Bonchev–Trinajstić information content (AvgIpc) is 3.19. The summed E-state index contributed by atoms with van der Waals surface area (Å²) in [5.41, 5.74) is 5.01. The van der Waals surface area contributed by atoms with E-state index in [9.17, 15) is 10.1 Å². The lowest BCUT2D eigenvalue weighted by atomic mass is 10.1. The van der Waals surface area contributed by atoms with Crippen molar-refractivity contribution in [3.05, 3.63) is 109 Å². The second-order valence-corrected chi connectivity index (χ2v) is 10.3. The molecular weight excluding hydrogens is 528 g/mol. The molecule has 0 radical (unpaired) electrons. The first-order valence-corrected chi connectivity index (χ1v) is 12.7. The number of ether oxygens (including phenoxy) is 1. The molecule has 0 bridgehead atoms. The van der Waals surface area contributed by atoms with Gasteiger partial charge < -0.3 is 4.74 Å². The van der Waals surface area contributed by atoms with E-state index in [0.717, 1.165) is 26.9 Å². The lowest BCUT2D eigenvalue weighted by Gasteiger charge is -2.18. The smallest absolute Gasteiger partial charge is 0.220 e. The Hall–Kier alpha value is -3.17. The predicted molar refractivity (Wildman–Crippen MR) is 141 cm³/mol. The summed E-state index contributed by atoms with van der Waals surface area (Å²) in [5.74, 6) is 1.32. The van der Waals surface area contributed by atoms with E-state index in [-0.39, 0.29) is 11.5 Å². The van der Waals surface area contributed by atoms with E-state index >= 15 is 0 Å². The number of halogens is 1. The number of aryl methyl sites for hydroxylation is 3. The van der Waals surface area contributed by atoms with Crippen LogP contribution in [0.2, 0.25) is 0 Å². The van der Waals surface area contributed by atoms with Crippen molar-refractivity contribution in [2.45, 2.75) is 37.8 Å². The molecule has 0 amide bonds. The number of hydrogen-bond donors (Lipinski definition) is 0. The van der Waals surface area contributed by atoms with Gasteiger partial charge in [-0.15, -0.1) is 10.2 Å². The Morgan fingerprint density at radius 2 is 1.80 bits per heavy atom. The fraction of sp³-hybridized carbons (Fsp3) is 0.231. The number of hydrogen-bond acceptors (Lipinski definition) is 6. The number of aromatic nitrogens is 3. The number of nitro groups is 1. The summed E-state index contributed by atoms with van der Waals surface area (Å²) in [5, 5.41) is 20.4. The first kappa shape index (κ1) is 24.9. The zero-order chi connectivity index (χ0) is 24.9. The van der Waals surface area contributed by atoms with Gasteiger partial charge in [-0.1, -0.05) is 64.1 Å². The summed E-state index contributed by atoms with van der Waals surface area (Å²) in [6.45, 7) is 6.07. The lowest BCUT2D eigenvalue weighted by Crippen LogP contribution is -2.13. The average molecular weight is 553 g/mol. The Kier molecular flexibility index (Phi) is 7.87. The Morgan fingerprint density at radius 3 is 2.51 bits per heavy atom. The molecule has 0 aliphatic heterocycles. The third-order valence-electron chi connectivity index (χ3n) is 5.66. The predicted octanol–water partition coefficient (Wildman–Crippen LogP) is 6.64. The number of nitrogens with zero attached hydrogens (tertiary/aromatic N) is 4. The topological polar surface area (TPSA) is 83.1 Å². The van der Waals surface area contributed by atoms with Crippen LogP contribution in [0.4, 0.5) is 0 Å². The molecule has 0 aliphatic carbocycles. The number of benzene rings is 3. The molecule has 35 heavy (non-hydrogen) atoms. The van der Waals surface area contributed by atoms with E-state index in [2.05, 4.69) is 52.1 Å². The van der Waals surface area contributed by atoms with Gasteiger partial charge in [0.15, 0.2) is 5.16 Å². The van der Waals surface area contributed by atoms with Crippen molar-refractivity contribution in [1.82, 2.24) is 14.8 Å². The van der Waals surface area contributed by atoms with Crippen LogP contribution in [0.1, 0.15) is 33.3 Å². The van der Waals surface area contributed by atoms with Crippen LogP contribution in [-0.2, 0) is 6.61 Å². The molecule has 0 N–H and O–H groups in total. The van der Waals surface area contributed by atoms with Gasteiger partial charge in [0.05, 0.1) is 0 Å². The zero-order valence-corrected chi connectivity index (χ0v) is 22.0. The highest BCUT2D eigenvalue weighted by Gasteiger charge is 2.27. The summed E-state index contributed by atoms with van der Waals surface area (Å²) in [6, 6.07) is 21.6. The summed E-state index contributed by atoms with van der Waals surface area (Å²) >= 11 is 4.83. The molecule has 4 aromatic rings. The van der Waals surface area contributed by atoms with Crippen molar-refractivity contribution in [3.8, 4) is 11.4 Å². The maximum absolute atomic E-state index is 11.7. The first-order chi connectivity index (χ1) is 16.8. The van der Waals surface area contributed by atoms with Crippen LogP contribution in [0.5, 0.6) is 5.75 Å². The second-order valence-electron chi connectivity index (χ2n) is 8.21. The van der Waals surface area contributed by atoms with Gasteiger partial charge in [0.2, 0.25) is 6.54 Å². The van der Waals surface area contributed by atoms with Crippen molar-refractivity contribution < 1.29 is 9.66 Å². The molecule has 0 saturated heterocycles. The van der Waals surface area contributed by atoms with Gasteiger partial charge in [-0.3, -0.25) is 14.7 Å². The fourth-order valence-corrected chi connectivity index (χ4v) is 5.25. The monoisotopic (exact) mass is 552 g/mol. The van der Waals surface area contributed by atoms with E-state index in [1.165, 1.54) is 17.3 Å². The minimum Gasteiger partial charge on any atom is -0.489 e. The van der Waals surface area contributed by atoms with Gasteiger partial charge in [0.1, 0.15) is 23.4 Å². The highest BCUT2D eigenvalue weighted by molar-refractivity contribution is 9.10. The van der Waals surface area contributed by atoms with Crippen molar-refractivity contribution in [2.24, 2.45) is 0 Å². The second kappa shape index (κ2) is 11.0. The third-order valence-corrected chi connectivity index (χ3v) is 7.32. The van der Waals surface area contributed by atoms with Gasteiger partial charge in [0.25, 0.3) is 0 Å². The summed E-state index contributed by atoms with van der Waals surface area (Å²) in [4.78, 5) is 11.4. The molecule has 0 fully saturated rings. The van der Waals surface area contributed by atoms with E-state index in [4.69, 9.17) is 4.74 Å². The van der Waals surface area contributed by atoms with Crippen LogP contribution in [0.25, 0.3) is 5.69 Å². The quantitative estimate of drug-likeness (QED) is 0.131. The Labute approximate surface area is 216 Å². The van der Waals surface area contributed by atoms with Gasteiger partial charge in [0, 0.05) is 20.6 Å². The van der Waals surface area contributed by atoms with Crippen LogP contribution in [0.3, 0.4) is 0 Å². The molecule has 1 aromatic heterocycles. The van der Waals surface area contributed by atoms with E-state index in [1.807, 2.05) is 66.1 Å². The van der Waals surface area contributed by atoms with E-state index in [0.29, 0.717) is 23.3 Å². The normalized spacial score (nSPS) is 11.9. The van der Waals surface area contributed by atoms with Gasteiger partial charge in [-0.05, 0) is 67.8 Å². The minimum absolute atomic E-state index is 0.290. The molecule has 180 valence electrons. The van der Waals surface area contributed by atoms with Gasteiger partial charge in [-0.2, -0.15) is 0 Å². The maximum Gasteiger partial charge on any atom is 0.220 e. The zero-order valence-electron chi connectivity index (χ0n) is 19.6. The minimum atomic E-state index is -0.540. The third kappa shape index (κ3) is 6.10. The summed E-state index contributed by atoms with van der Waals surface area (Å²) < 4.78 is 8.88. The molecule has 0 saturated carbocycles. The molecule has 1 atom stereocenters. The lowest BCUT2D eigenvalue weighted by molar-refractivity contribution is -0.479. The SMILES string of the molecule is Cc1ccc(-n2c(C)nnc2S[C@@H](C[N+](=O)[O-])c2cc(Br)ccc2OCc2ccccc2)cc1C. The molecule has 7 nitrogen and oxygen atoms in total. The largest absolute Gasteiger partial charge is 0.489 e. The van der Waals surface area contributed by atoms with Gasteiger partial charge >= 0.3 is 0 Å². The van der Waals surface area contributed by atoms with E-state index < -0.39 is 5.25 Å². The highest BCUT2D eigenvalue weighted by Crippen LogP contribution is 2.41. The molecule has 0 aliphatic rings. The maximum atomic E-state index is 11.7. The molecule has 9 heteroatoms. The Bertz CT molecular complexity index is 1340. The standard InChI is InChI=1S/C26H25BrN4O3S/c1-17-9-11-22(13-18(17)2)31-19(3)28-29-26(31)35-25(15-30(32)33)23-14-21(27)10-12-24(23)34-16-20-7-5-4-6-8-20/h4-14,25H,15-16H2,1-3H3/t25-/m0/s1. The van der Waals surface area contributed by atoms with Gasteiger partial charge in [-0.25, -0.2) is 0 Å². The molecule has 3 aromatic carbocycles. The van der Waals surface area contributed by atoms with Crippen LogP contribution in [0.15, 0.2) is 76.4 Å². The summed E-state index contributed by atoms with van der Waals surface area (Å²) in [6.07, 6.45) is 0. The number of thioether (sulfide) groups is 1. The van der Waals surface area contributed by atoms with Crippen LogP contribution >= 0.6 is 27.7 Å². The van der Waals surface area contributed by atoms with Crippen LogP contribution in [-0.4, -0.2) is 26.2 Å². The molecule has 4 rings (SSSR count). The molecule has 0 spiro atoms. The first-order valence-electron chi connectivity index (χ1n) is 11.1.